The van der Waals surface area contributed by atoms with Gasteiger partial charge in [0.2, 0.25) is 0 Å². The van der Waals surface area contributed by atoms with Crippen LogP contribution in [0.2, 0.25) is 0 Å². The number of rotatable bonds is 4. The second-order valence-electron chi connectivity index (χ2n) is 8.68. The average Bonchev–Trinajstić information content (AvgIpc) is 3.00. The smallest absolute Gasteiger partial charge is 0.341 e. The van der Waals surface area contributed by atoms with Crippen molar-refractivity contribution >= 4 is 45.3 Å². The summed E-state index contributed by atoms with van der Waals surface area (Å²) in [5, 5.41) is 7.73. The van der Waals surface area contributed by atoms with Crippen molar-refractivity contribution in [3.63, 3.8) is 0 Å². The molecular formula is C23H30N2O2S2. The van der Waals surface area contributed by atoms with E-state index in [9.17, 15) is 4.79 Å². The summed E-state index contributed by atoms with van der Waals surface area (Å²) in [7, 11) is 0. The average molecular weight is 431 g/mol. The van der Waals surface area contributed by atoms with E-state index in [0.29, 0.717) is 23.2 Å². The molecule has 1 unspecified atom stereocenters. The Balaban J connectivity index is 1.85. The lowest BCUT2D eigenvalue weighted by molar-refractivity contribution is 0.0526. The van der Waals surface area contributed by atoms with Crippen molar-refractivity contribution in [2.45, 2.75) is 53.9 Å². The predicted molar refractivity (Wildman–Crippen MR) is 126 cm³/mol. The first-order valence-corrected chi connectivity index (χ1v) is 11.4. The number of thiocarbonyl (C=S) groups is 1. The summed E-state index contributed by atoms with van der Waals surface area (Å²) in [6, 6.07) is 8.04. The minimum atomic E-state index is -0.264. The summed E-state index contributed by atoms with van der Waals surface area (Å²) in [4.78, 5) is 14.0. The fourth-order valence-electron chi connectivity index (χ4n) is 3.73. The van der Waals surface area contributed by atoms with Crippen LogP contribution in [-0.2, 0) is 17.6 Å². The molecule has 0 bridgehead atoms. The molecule has 3 rings (SSSR count). The van der Waals surface area contributed by atoms with Crippen LogP contribution in [0.3, 0.4) is 0 Å². The van der Waals surface area contributed by atoms with Crippen molar-refractivity contribution < 1.29 is 9.53 Å². The second kappa shape index (κ2) is 8.84. The van der Waals surface area contributed by atoms with Crippen molar-refractivity contribution in [1.82, 2.24) is 0 Å². The number of nitrogens with one attached hydrogen (secondary N) is 2. The number of hydrogen-bond acceptors (Lipinski definition) is 4. The van der Waals surface area contributed by atoms with E-state index in [1.807, 2.05) is 38.1 Å². The van der Waals surface area contributed by atoms with Crippen LogP contribution < -0.4 is 10.6 Å². The number of aryl methyl sites for hydroxylation is 1. The van der Waals surface area contributed by atoms with Gasteiger partial charge in [-0.3, -0.25) is 0 Å². The lowest BCUT2D eigenvalue weighted by Gasteiger charge is -2.33. The zero-order chi connectivity index (χ0) is 21.2. The van der Waals surface area contributed by atoms with E-state index in [-0.39, 0.29) is 11.4 Å². The van der Waals surface area contributed by atoms with Gasteiger partial charge in [0.1, 0.15) is 5.00 Å². The zero-order valence-corrected chi connectivity index (χ0v) is 19.5. The van der Waals surface area contributed by atoms with Crippen LogP contribution in [0.15, 0.2) is 24.3 Å². The molecule has 2 aromatic rings. The molecule has 1 aliphatic carbocycles. The fraction of sp³-hybridized carbons (Fsp3) is 0.478. The number of hydrogen-bond donors (Lipinski definition) is 2. The third-order valence-corrected chi connectivity index (χ3v) is 6.88. The van der Waals surface area contributed by atoms with Crippen LogP contribution in [0.4, 0.5) is 10.7 Å². The molecule has 6 heteroatoms. The topological polar surface area (TPSA) is 50.4 Å². The van der Waals surface area contributed by atoms with Gasteiger partial charge in [0.25, 0.3) is 0 Å². The monoisotopic (exact) mass is 430 g/mol. The molecule has 0 amide bonds. The van der Waals surface area contributed by atoms with Gasteiger partial charge in [-0.05, 0) is 74.4 Å². The molecule has 1 aromatic carbocycles. The van der Waals surface area contributed by atoms with E-state index in [4.69, 9.17) is 17.0 Å². The highest BCUT2D eigenvalue weighted by atomic mass is 32.1. The van der Waals surface area contributed by atoms with Gasteiger partial charge in [0, 0.05) is 10.6 Å². The maximum atomic E-state index is 12.7. The minimum absolute atomic E-state index is 0.252. The molecular weight excluding hydrogens is 400 g/mol. The summed E-state index contributed by atoms with van der Waals surface area (Å²) >= 11 is 7.15. The molecule has 2 N–H and O–H groups in total. The SMILES string of the molecule is CCOC(=O)c1c(NC(=S)Nc2ccc(C)cc2)sc2c1CCC(C(C)(C)C)C2. The molecule has 0 saturated carbocycles. The first kappa shape index (κ1) is 21.8. The number of ether oxygens (including phenoxy) is 1. The molecule has 0 spiro atoms. The van der Waals surface area contributed by atoms with Gasteiger partial charge < -0.3 is 15.4 Å². The Labute approximate surface area is 183 Å². The van der Waals surface area contributed by atoms with Gasteiger partial charge in [0.05, 0.1) is 12.2 Å². The van der Waals surface area contributed by atoms with Gasteiger partial charge in [-0.15, -0.1) is 11.3 Å². The van der Waals surface area contributed by atoms with Crippen LogP contribution in [0.25, 0.3) is 0 Å². The molecule has 1 aliphatic rings. The second-order valence-corrected chi connectivity index (χ2v) is 10.2. The largest absolute Gasteiger partial charge is 0.462 e. The van der Waals surface area contributed by atoms with E-state index in [0.717, 1.165) is 35.5 Å². The van der Waals surface area contributed by atoms with Crippen molar-refractivity contribution in [2.75, 3.05) is 17.2 Å². The molecule has 0 radical (unpaired) electrons. The number of esters is 1. The van der Waals surface area contributed by atoms with Crippen LogP contribution in [0.5, 0.6) is 0 Å². The molecule has 1 heterocycles. The first-order valence-electron chi connectivity index (χ1n) is 10.2. The van der Waals surface area contributed by atoms with E-state index >= 15 is 0 Å². The van der Waals surface area contributed by atoms with E-state index in [2.05, 4.69) is 31.4 Å². The van der Waals surface area contributed by atoms with E-state index in [1.54, 1.807) is 11.3 Å². The Morgan fingerprint density at radius 1 is 1.24 bits per heavy atom. The number of benzene rings is 1. The third-order valence-electron chi connectivity index (χ3n) is 5.51. The van der Waals surface area contributed by atoms with Gasteiger partial charge in [-0.1, -0.05) is 38.5 Å². The minimum Gasteiger partial charge on any atom is -0.462 e. The summed E-state index contributed by atoms with van der Waals surface area (Å²) in [5.41, 5.74) is 4.15. The number of thiophene rings is 1. The van der Waals surface area contributed by atoms with Crippen LogP contribution in [0.1, 0.15) is 60.5 Å². The van der Waals surface area contributed by atoms with Crippen molar-refractivity contribution in [1.29, 1.82) is 0 Å². The number of anilines is 2. The fourth-order valence-corrected chi connectivity index (χ4v) is 5.34. The van der Waals surface area contributed by atoms with Crippen molar-refractivity contribution in [3.8, 4) is 0 Å². The Bertz CT molecular complexity index is 895. The normalized spacial score (nSPS) is 16.1. The third kappa shape index (κ3) is 5.17. The van der Waals surface area contributed by atoms with Crippen LogP contribution >= 0.6 is 23.6 Å². The van der Waals surface area contributed by atoms with E-state index in [1.165, 1.54) is 10.4 Å². The Hall–Kier alpha value is -1.92. The molecule has 0 saturated heterocycles. The van der Waals surface area contributed by atoms with Crippen LogP contribution in [0, 0.1) is 18.3 Å². The molecule has 1 aromatic heterocycles. The Kier molecular flexibility index (Phi) is 6.64. The highest BCUT2D eigenvalue weighted by molar-refractivity contribution is 7.80. The van der Waals surface area contributed by atoms with Gasteiger partial charge in [-0.2, -0.15) is 0 Å². The lowest BCUT2D eigenvalue weighted by atomic mass is 9.72. The van der Waals surface area contributed by atoms with Gasteiger partial charge in [-0.25, -0.2) is 4.79 Å². The first-order chi connectivity index (χ1) is 13.7. The molecule has 1 atom stereocenters. The molecule has 156 valence electrons. The van der Waals surface area contributed by atoms with Crippen molar-refractivity contribution in [3.05, 3.63) is 45.8 Å². The lowest BCUT2D eigenvalue weighted by Crippen LogP contribution is -2.26. The molecule has 0 aliphatic heterocycles. The predicted octanol–water partition coefficient (Wildman–Crippen LogP) is 6.19. The summed E-state index contributed by atoms with van der Waals surface area (Å²) in [6.45, 7) is 11.1. The number of fused-ring (bicyclic) bond motifs is 1. The summed E-state index contributed by atoms with van der Waals surface area (Å²) in [5.74, 6) is 0.342. The number of carbonyl (C=O) groups excluding carboxylic acids is 1. The molecule has 29 heavy (non-hydrogen) atoms. The Morgan fingerprint density at radius 3 is 2.55 bits per heavy atom. The van der Waals surface area contributed by atoms with E-state index < -0.39 is 0 Å². The molecule has 4 nitrogen and oxygen atoms in total. The van der Waals surface area contributed by atoms with Gasteiger partial charge in [0.15, 0.2) is 5.11 Å². The standard InChI is InChI=1S/C23H30N2O2S2/c1-6-27-21(26)19-17-12-9-15(23(3,4)5)13-18(17)29-20(19)25-22(28)24-16-10-7-14(2)8-11-16/h7-8,10-11,15H,6,9,12-13H2,1-5H3,(H2,24,25,28). The summed E-state index contributed by atoms with van der Waals surface area (Å²) in [6.07, 6.45) is 2.99. The zero-order valence-electron chi connectivity index (χ0n) is 17.8. The Morgan fingerprint density at radius 2 is 1.93 bits per heavy atom. The highest BCUT2D eigenvalue weighted by Gasteiger charge is 2.34. The maximum Gasteiger partial charge on any atom is 0.341 e. The van der Waals surface area contributed by atoms with Gasteiger partial charge >= 0.3 is 5.97 Å². The maximum absolute atomic E-state index is 12.7. The van der Waals surface area contributed by atoms with Crippen molar-refractivity contribution in [2.24, 2.45) is 11.3 Å². The highest BCUT2D eigenvalue weighted by Crippen LogP contribution is 2.44. The van der Waals surface area contributed by atoms with Crippen LogP contribution in [-0.4, -0.2) is 17.7 Å². The quantitative estimate of drug-likeness (QED) is 0.447. The molecule has 0 fully saturated rings. The summed E-state index contributed by atoms with van der Waals surface area (Å²) < 4.78 is 5.36. The number of carbonyl (C=O) groups is 1.